The van der Waals surface area contributed by atoms with Gasteiger partial charge in [-0.3, -0.25) is 4.68 Å². The molecule has 0 saturated heterocycles. The fourth-order valence-corrected chi connectivity index (χ4v) is 1.67. The molecule has 2 aromatic rings. The largest absolute Gasteiger partial charge is 0.490 e. The Morgan fingerprint density at radius 2 is 2.33 bits per heavy atom. The van der Waals surface area contributed by atoms with Crippen LogP contribution < -0.4 is 10.1 Å². The van der Waals surface area contributed by atoms with Crippen molar-refractivity contribution < 1.29 is 4.74 Å². The molecule has 2 aromatic heterocycles. The molecule has 0 bridgehead atoms. The smallest absolute Gasteiger partial charge is 0.198 e. The number of nitrogens with one attached hydrogen (secondary N) is 1. The summed E-state index contributed by atoms with van der Waals surface area (Å²) in [4.78, 5) is 7.92. The van der Waals surface area contributed by atoms with Crippen LogP contribution in [-0.2, 0) is 6.54 Å². The molecule has 0 aromatic carbocycles. The second kappa shape index (κ2) is 6.15. The zero-order chi connectivity index (χ0) is 12.8. The highest BCUT2D eigenvalue weighted by Crippen LogP contribution is 2.28. The number of nitrogens with zero attached hydrogens (tertiary/aromatic N) is 5. The Kier molecular flexibility index (Phi) is 4.30. The molecule has 0 aliphatic heterocycles. The van der Waals surface area contributed by atoms with Gasteiger partial charge in [-0.1, -0.05) is 16.8 Å². The van der Waals surface area contributed by atoms with E-state index in [9.17, 15) is 0 Å². The van der Waals surface area contributed by atoms with Crippen molar-refractivity contribution in [1.82, 2.24) is 25.0 Å². The predicted molar refractivity (Wildman–Crippen MR) is 66.7 cm³/mol. The second-order valence-corrected chi connectivity index (χ2v) is 3.85. The Morgan fingerprint density at radius 1 is 1.44 bits per heavy atom. The lowest BCUT2D eigenvalue weighted by Gasteiger charge is -2.10. The zero-order valence-electron chi connectivity index (χ0n) is 9.88. The van der Waals surface area contributed by atoms with Crippen molar-refractivity contribution in [3.63, 3.8) is 0 Å². The molecule has 0 spiro atoms. The van der Waals surface area contributed by atoms with Gasteiger partial charge in [-0.2, -0.15) is 0 Å². The minimum Gasteiger partial charge on any atom is -0.490 e. The van der Waals surface area contributed by atoms with Gasteiger partial charge in [0.1, 0.15) is 6.33 Å². The van der Waals surface area contributed by atoms with E-state index in [0.717, 1.165) is 19.5 Å². The molecule has 18 heavy (non-hydrogen) atoms. The lowest BCUT2D eigenvalue weighted by atomic mass is 10.4. The number of methoxy groups -OCH3 is 1. The van der Waals surface area contributed by atoms with Crippen LogP contribution in [0, 0.1) is 0 Å². The number of ether oxygens (including phenoxy) is 1. The summed E-state index contributed by atoms with van der Waals surface area (Å²) >= 11 is 5.89. The standard InChI is InChI=1S/C10H13ClN6O/c1-18-8-9(11)13-7-14-10(8)12-3-2-5-17-6-4-15-16-17/h4,6-7H,2-3,5H2,1H3,(H,12,13,14). The Labute approximate surface area is 109 Å². The van der Waals surface area contributed by atoms with Crippen LogP contribution in [0.5, 0.6) is 5.75 Å². The van der Waals surface area contributed by atoms with Gasteiger partial charge in [0.2, 0.25) is 0 Å². The first-order valence-corrected chi connectivity index (χ1v) is 5.81. The van der Waals surface area contributed by atoms with Gasteiger partial charge in [0.15, 0.2) is 16.7 Å². The van der Waals surface area contributed by atoms with Crippen LogP contribution in [0.3, 0.4) is 0 Å². The van der Waals surface area contributed by atoms with E-state index in [0.29, 0.717) is 16.7 Å². The maximum atomic E-state index is 5.89. The molecule has 0 aliphatic carbocycles. The van der Waals surface area contributed by atoms with Crippen molar-refractivity contribution in [2.24, 2.45) is 0 Å². The molecule has 0 fully saturated rings. The fourth-order valence-electron chi connectivity index (χ4n) is 1.46. The molecule has 2 heterocycles. The predicted octanol–water partition coefficient (Wildman–Crippen LogP) is 1.23. The lowest BCUT2D eigenvalue weighted by molar-refractivity contribution is 0.413. The van der Waals surface area contributed by atoms with Gasteiger partial charge in [-0.05, 0) is 6.42 Å². The monoisotopic (exact) mass is 268 g/mol. The first-order valence-electron chi connectivity index (χ1n) is 5.43. The Bertz CT molecular complexity index is 489. The summed E-state index contributed by atoms with van der Waals surface area (Å²) in [6.45, 7) is 1.51. The van der Waals surface area contributed by atoms with E-state index in [1.165, 1.54) is 13.4 Å². The Balaban J connectivity index is 1.85. The second-order valence-electron chi connectivity index (χ2n) is 3.49. The minimum absolute atomic E-state index is 0.297. The SMILES string of the molecule is COc1c(Cl)ncnc1NCCCn1ccnn1. The number of rotatable bonds is 6. The van der Waals surface area contributed by atoms with Gasteiger partial charge >= 0.3 is 0 Å². The third-order valence-electron chi connectivity index (χ3n) is 2.29. The minimum atomic E-state index is 0.297. The van der Waals surface area contributed by atoms with Crippen LogP contribution in [0.15, 0.2) is 18.7 Å². The summed E-state index contributed by atoms with van der Waals surface area (Å²) in [6.07, 6.45) is 5.75. The van der Waals surface area contributed by atoms with Gasteiger partial charge in [0, 0.05) is 19.3 Å². The molecule has 0 radical (unpaired) electrons. The number of anilines is 1. The fraction of sp³-hybridized carbons (Fsp3) is 0.400. The number of halogens is 1. The summed E-state index contributed by atoms with van der Waals surface area (Å²) in [5.74, 6) is 1.05. The van der Waals surface area contributed by atoms with Crippen molar-refractivity contribution in [3.8, 4) is 5.75 Å². The Morgan fingerprint density at radius 3 is 3.06 bits per heavy atom. The van der Waals surface area contributed by atoms with Crippen LogP contribution >= 0.6 is 11.6 Å². The van der Waals surface area contributed by atoms with Crippen molar-refractivity contribution in [1.29, 1.82) is 0 Å². The van der Waals surface area contributed by atoms with E-state index in [2.05, 4.69) is 25.6 Å². The zero-order valence-corrected chi connectivity index (χ0v) is 10.6. The van der Waals surface area contributed by atoms with Gasteiger partial charge < -0.3 is 10.1 Å². The van der Waals surface area contributed by atoms with Crippen LogP contribution in [0.4, 0.5) is 5.82 Å². The number of hydrogen-bond donors (Lipinski definition) is 1. The lowest BCUT2D eigenvalue weighted by Crippen LogP contribution is -2.09. The van der Waals surface area contributed by atoms with Crippen molar-refractivity contribution >= 4 is 17.4 Å². The first-order chi connectivity index (χ1) is 8.81. The van der Waals surface area contributed by atoms with E-state index in [-0.39, 0.29) is 0 Å². The molecule has 0 aliphatic rings. The van der Waals surface area contributed by atoms with E-state index < -0.39 is 0 Å². The molecule has 0 unspecified atom stereocenters. The first kappa shape index (κ1) is 12.6. The molecule has 0 saturated carbocycles. The number of aromatic nitrogens is 5. The third-order valence-corrected chi connectivity index (χ3v) is 2.56. The average molecular weight is 269 g/mol. The number of hydrogen-bond acceptors (Lipinski definition) is 6. The molecule has 96 valence electrons. The van der Waals surface area contributed by atoms with Crippen LogP contribution in [0.1, 0.15) is 6.42 Å². The molecular formula is C10H13ClN6O. The van der Waals surface area contributed by atoms with Crippen molar-refractivity contribution in [2.75, 3.05) is 19.0 Å². The van der Waals surface area contributed by atoms with Gasteiger partial charge in [0.05, 0.1) is 13.3 Å². The molecule has 0 atom stereocenters. The van der Waals surface area contributed by atoms with Crippen LogP contribution in [0.2, 0.25) is 5.15 Å². The third kappa shape index (κ3) is 3.07. The topological polar surface area (TPSA) is 77.8 Å². The molecule has 0 amide bonds. The van der Waals surface area contributed by atoms with Gasteiger partial charge in [-0.15, -0.1) is 5.10 Å². The maximum Gasteiger partial charge on any atom is 0.198 e. The van der Waals surface area contributed by atoms with Crippen molar-refractivity contribution in [2.45, 2.75) is 13.0 Å². The average Bonchev–Trinajstić information content (AvgIpc) is 2.88. The summed E-state index contributed by atoms with van der Waals surface area (Å²) in [6, 6.07) is 0. The van der Waals surface area contributed by atoms with E-state index >= 15 is 0 Å². The van der Waals surface area contributed by atoms with Crippen molar-refractivity contribution in [3.05, 3.63) is 23.9 Å². The van der Waals surface area contributed by atoms with E-state index in [1.54, 1.807) is 10.9 Å². The van der Waals surface area contributed by atoms with E-state index in [4.69, 9.17) is 16.3 Å². The molecule has 1 N–H and O–H groups in total. The van der Waals surface area contributed by atoms with Gasteiger partial charge in [-0.25, -0.2) is 9.97 Å². The highest BCUT2D eigenvalue weighted by molar-refractivity contribution is 6.31. The molecular weight excluding hydrogens is 256 g/mol. The summed E-state index contributed by atoms with van der Waals surface area (Å²) < 4.78 is 6.90. The quantitative estimate of drug-likeness (QED) is 0.627. The summed E-state index contributed by atoms with van der Waals surface area (Å²) in [7, 11) is 1.53. The van der Waals surface area contributed by atoms with E-state index in [1.807, 2.05) is 6.20 Å². The normalized spacial score (nSPS) is 10.3. The molecule has 2 rings (SSSR count). The molecule has 8 heteroatoms. The molecule has 7 nitrogen and oxygen atoms in total. The van der Waals surface area contributed by atoms with Gasteiger partial charge in [0.25, 0.3) is 0 Å². The maximum absolute atomic E-state index is 5.89. The Hall–Kier alpha value is -1.89. The summed E-state index contributed by atoms with van der Waals surface area (Å²) in [5, 5.41) is 11.1. The van der Waals surface area contributed by atoms with Crippen LogP contribution in [-0.4, -0.2) is 38.6 Å². The highest BCUT2D eigenvalue weighted by atomic mass is 35.5. The summed E-state index contributed by atoms with van der Waals surface area (Å²) in [5.41, 5.74) is 0. The highest BCUT2D eigenvalue weighted by Gasteiger charge is 2.09. The number of aryl methyl sites for hydroxylation is 1. The van der Waals surface area contributed by atoms with Crippen LogP contribution in [0.25, 0.3) is 0 Å².